The van der Waals surface area contributed by atoms with Gasteiger partial charge < -0.3 is 19.5 Å². The Bertz CT molecular complexity index is 483. The molecule has 4 heteroatoms. The first kappa shape index (κ1) is 14.7. The van der Waals surface area contributed by atoms with Crippen LogP contribution in [0.4, 0.5) is 0 Å². The minimum absolute atomic E-state index is 0.271. The maximum atomic E-state index is 5.84. The van der Waals surface area contributed by atoms with Crippen molar-refractivity contribution in [2.45, 2.75) is 38.8 Å². The van der Waals surface area contributed by atoms with Gasteiger partial charge in [0.1, 0.15) is 17.6 Å². The van der Waals surface area contributed by atoms with Gasteiger partial charge in [-0.15, -0.1) is 0 Å². The van der Waals surface area contributed by atoms with Crippen LogP contribution in [0.2, 0.25) is 0 Å². The molecule has 1 aromatic carbocycles. The molecular weight excluding hydrogens is 266 g/mol. The Morgan fingerprint density at radius 3 is 3.05 bits per heavy atom. The smallest absolute Gasteiger partial charge is 0.123 e. The third kappa shape index (κ3) is 3.50. The van der Waals surface area contributed by atoms with E-state index >= 15 is 0 Å². The van der Waals surface area contributed by atoms with Crippen molar-refractivity contribution >= 4 is 0 Å². The molecule has 1 aromatic rings. The topological polar surface area (TPSA) is 39.7 Å². The molecule has 1 saturated heterocycles. The summed E-state index contributed by atoms with van der Waals surface area (Å²) < 4.78 is 16.9. The number of benzene rings is 1. The highest BCUT2D eigenvalue weighted by molar-refractivity contribution is 5.48. The molecule has 0 amide bonds. The van der Waals surface area contributed by atoms with E-state index in [2.05, 4.69) is 24.4 Å². The van der Waals surface area contributed by atoms with Gasteiger partial charge in [-0.05, 0) is 37.8 Å². The Balaban J connectivity index is 1.60. The van der Waals surface area contributed by atoms with Crippen LogP contribution in [-0.2, 0) is 17.7 Å². The van der Waals surface area contributed by atoms with E-state index in [1.165, 1.54) is 24.0 Å². The van der Waals surface area contributed by atoms with Crippen LogP contribution in [0.5, 0.6) is 11.5 Å². The van der Waals surface area contributed by atoms with Crippen molar-refractivity contribution in [1.29, 1.82) is 0 Å². The van der Waals surface area contributed by atoms with Crippen molar-refractivity contribution in [2.24, 2.45) is 5.92 Å². The minimum Gasteiger partial charge on any atom is -0.496 e. The van der Waals surface area contributed by atoms with E-state index in [1.807, 2.05) is 0 Å². The number of ether oxygens (including phenoxy) is 3. The van der Waals surface area contributed by atoms with E-state index < -0.39 is 0 Å². The molecule has 2 atom stereocenters. The number of nitrogens with one attached hydrogen (secondary N) is 1. The van der Waals surface area contributed by atoms with Gasteiger partial charge in [-0.25, -0.2) is 0 Å². The predicted molar refractivity (Wildman–Crippen MR) is 82.0 cm³/mol. The lowest BCUT2D eigenvalue weighted by Crippen LogP contribution is -2.29. The summed E-state index contributed by atoms with van der Waals surface area (Å²) in [7, 11) is 1.74. The molecular formula is C17H25NO3. The average molecular weight is 291 g/mol. The molecule has 2 aliphatic heterocycles. The van der Waals surface area contributed by atoms with Gasteiger partial charge >= 0.3 is 0 Å². The van der Waals surface area contributed by atoms with Crippen molar-refractivity contribution in [3.8, 4) is 11.5 Å². The molecule has 0 radical (unpaired) electrons. The first-order valence-electron chi connectivity index (χ1n) is 7.91. The average Bonchev–Trinajstić information content (AvgIpc) is 2.86. The standard InChI is InChI=1S/C17H25NO3/c1-12-6-14-7-16(19-2)15(8-17(14)21-12)10-18-9-13-4-3-5-20-11-13/h7-8,12-13,18H,3-6,9-11H2,1-2H3. The summed E-state index contributed by atoms with van der Waals surface area (Å²) in [6, 6.07) is 4.25. The Labute approximate surface area is 126 Å². The first-order chi connectivity index (χ1) is 10.3. The number of hydrogen-bond donors (Lipinski definition) is 1. The number of methoxy groups -OCH3 is 1. The lowest BCUT2D eigenvalue weighted by Gasteiger charge is -2.22. The quantitative estimate of drug-likeness (QED) is 0.905. The fourth-order valence-corrected chi connectivity index (χ4v) is 3.19. The summed E-state index contributed by atoms with van der Waals surface area (Å²) in [5, 5.41) is 3.53. The minimum atomic E-state index is 0.271. The molecule has 3 rings (SSSR count). The zero-order valence-electron chi connectivity index (χ0n) is 13.0. The molecule has 0 aromatic heterocycles. The highest BCUT2D eigenvalue weighted by Gasteiger charge is 2.21. The Kier molecular flexibility index (Phi) is 4.66. The van der Waals surface area contributed by atoms with E-state index in [9.17, 15) is 0 Å². The van der Waals surface area contributed by atoms with Gasteiger partial charge in [0.25, 0.3) is 0 Å². The summed E-state index contributed by atoms with van der Waals surface area (Å²) in [6.45, 7) is 5.72. The van der Waals surface area contributed by atoms with Gasteiger partial charge in [0.05, 0.1) is 13.7 Å². The van der Waals surface area contributed by atoms with Gasteiger partial charge in [-0.2, -0.15) is 0 Å². The molecule has 2 aliphatic rings. The summed E-state index contributed by atoms with van der Waals surface area (Å²) >= 11 is 0. The molecule has 1 N–H and O–H groups in total. The lowest BCUT2D eigenvalue weighted by atomic mass is 10.0. The number of hydrogen-bond acceptors (Lipinski definition) is 4. The van der Waals surface area contributed by atoms with Crippen molar-refractivity contribution in [3.63, 3.8) is 0 Å². The van der Waals surface area contributed by atoms with E-state index in [4.69, 9.17) is 14.2 Å². The fraction of sp³-hybridized carbons (Fsp3) is 0.647. The van der Waals surface area contributed by atoms with Crippen LogP contribution < -0.4 is 14.8 Å². The third-order valence-electron chi connectivity index (χ3n) is 4.30. The molecule has 21 heavy (non-hydrogen) atoms. The van der Waals surface area contributed by atoms with Crippen molar-refractivity contribution < 1.29 is 14.2 Å². The van der Waals surface area contributed by atoms with Crippen molar-refractivity contribution in [2.75, 3.05) is 26.9 Å². The van der Waals surface area contributed by atoms with E-state index in [0.29, 0.717) is 5.92 Å². The molecule has 0 bridgehead atoms. The van der Waals surface area contributed by atoms with Gasteiger partial charge in [0, 0.05) is 37.2 Å². The van der Waals surface area contributed by atoms with Gasteiger partial charge in [0.2, 0.25) is 0 Å². The molecule has 116 valence electrons. The maximum Gasteiger partial charge on any atom is 0.123 e. The van der Waals surface area contributed by atoms with Gasteiger partial charge in [0.15, 0.2) is 0 Å². The second-order valence-electron chi connectivity index (χ2n) is 6.12. The monoisotopic (exact) mass is 291 g/mol. The van der Waals surface area contributed by atoms with E-state index in [1.54, 1.807) is 7.11 Å². The van der Waals surface area contributed by atoms with Crippen molar-refractivity contribution in [1.82, 2.24) is 5.32 Å². The zero-order valence-corrected chi connectivity index (χ0v) is 13.0. The van der Waals surface area contributed by atoms with Crippen LogP contribution in [0.3, 0.4) is 0 Å². The van der Waals surface area contributed by atoms with Gasteiger partial charge in [-0.1, -0.05) is 0 Å². The number of rotatable bonds is 5. The van der Waals surface area contributed by atoms with Crippen LogP contribution in [0.15, 0.2) is 12.1 Å². The molecule has 1 fully saturated rings. The maximum absolute atomic E-state index is 5.84. The summed E-state index contributed by atoms with van der Waals surface area (Å²) in [5.74, 6) is 2.61. The lowest BCUT2D eigenvalue weighted by molar-refractivity contribution is 0.0547. The second-order valence-corrected chi connectivity index (χ2v) is 6.12. The van der Waals surface area contributed by atoms with Crippen LogP contribution in [-0.4, -0.2) is 33.0 Å². The molecule has 2 heterocycles. The van der Waals surface area contributed by atoms with Crippen LogP contribution >= 0.6 is 0 Å². The predicted octanol–water partition coefficient (Wildman–Crippen LogP) is 2.53. The summed E-state index contributed by atoms with van der Waals surface area (Å²) in [6.07, 6.45) is 3.68. The fourth-order valence-electron chi connectivity index (χ4n) is 3.19. The summed E-state index contributed by atoms with van der Waals surface area (Å²) in [4.78, 5) is 0. The first-order valence-corrected chi connectivity index (χ1v) is 7.91. The Hall–Kier alpha value is -1.26. The highest BCUT2D eigenvalue weighted by atomic mass is 16.5. The molecule has 0 spiro atoms. The van der Waals surface area contributed by atoms with Crippen LogP contribution in [0.1, 0.15) is 30.9 Å². The van der Waals surface area contributed by atoms with Crippen LogP contribution in [0.25, 0.3) is 0 Å². The Morgan fingerprint density at radius 1 is 1.38 bits per heavy atom. The summed E-state index contributed by atoms with van der Waals surface area (Å²) in [5.41, 5.74) is 2.42. The third-order valence-corrected chi connectivity index (χ3v) is 4.30. The molecule has 0 aliphatic carbocycles. The number of fused-ring (bicyclic) bond motifs is 1. The normalized spacial score (nSPS) is 24.5. The molecule has 0 saturated carbocycles. The Morgan fingerprint density at radius 2 is 2.29 bits per heavy atom. The van der Waals surface area contributed by atoms with Crippen LogP contribution in [0, 0.1) is 5.92 Å². The second kappa shape index (κ2) is 6.67. The zero-order chi connectivity index (χ0) is 14.7. The van der Waals surface area contributed by atoms with Gasteiger partial charge in [-0.3, -0.25) is 0 Å². The van der Waals surface area contributed by atoms with E-state index in [-0.39, 0.29) is 6.10 Å². The largest absolute Gasteiger partial charge is 0.496 e. The molecule has 2 unspecified atom stereocenters. The van der Waals surface area contributed by atoms with E-state index in [0.717, 1.165) is 44.2 Å². The SMILES string of the molecule is COc1cc2c(cc1CNCC1CCCOC1)OC(C)C2. The highest BCUT2D eigenvalue weighted by Crippen LogP contribution is 2.34. The van der Waals surface area contributed by atoms with Crippen molar-refractivity contribution in [3.05, 3.63) is 23.3 Å². The molecule has 4 nitrogen and oxygen atoms in total.